The second kappa shape index (κ2) is 9.44. The van der Waals surface area contributed by atoms with Crippen molar-refractivity contribution in [2.75, 3.05) is 18.1 Å². The first kappa shape index (κ1) is 24.9. The molecule has 188 valence electrons. The van der Waals surface area contributed by atoms with Gasteiger partial charge in [-0.05, 0) is 48.6 Å². The van der Waals surface area contributed by atoms with Crippen LogP contribution >= 0.6 is 0 Å². The Hall–Kier alpha value is -4.21. The highest BCUT2D eigenvalue weighted by atomic mass is 19.1. The van der Waals surface area contributed by atoms with Crippen LogP contribution in [0.25, 0.3) is 0 Å². The van der Waals surface area contributed by atoms with Gasteiger partial charge in [0.05, 0.1) is 23.0 Å². The van der Waals surface area contributed by atoms with Crippen molar-refractivity contribution in [1.29, 1.82) is 0 Å². The number of carbonyl (C=O) groups excluding carboxylic acids is 2. The largest absolute Gasteiger partial charge is 0.463 e. The molecule has 2 heterocycles. The topological polar surface area (TPSA) is 128 Å². The number of nitro groups is 1. The van der Waals surface area contributed by atoms with Crippen molar-refractivity contribution in [1.82, 2.24) is 5.32 Å². The Morgan fingerprint density at radius 1 is 1.22 bits per heavy atom. The molecule has 2 aliphatic heterocycles. The summed E-state index contributed by atoms with van der Waals surface area (Å²) in [5.74, 6) is -2.42. The number of amides is 1. The van der Waals surface area contributed by atoms with Gasteiger partial charge in [0.2, 0.25) is 5.91 Å². The number of ether oxygens (including phenoxy) is 1. The van der Waals surface area contributed by atoms with Gasteiger partial charge in [-0.2, -0.15) is 0 Å². The van der Waals surface area contributed by atoms with E-state index in [1.807, 2.05) is 13.8 Å². The smallest absolute Gasteiger partial charge is 0.338 e. The van der Waals surface area contributed by atoms with Gasteiger partial charge >= 0.3 is 5.97 Å². The van der Waals surface area contributed by atoms with Crippen LogP contribution in [0.15, 0.2) is 71.2 Å². The Kier molecular flexibility index (Phi) is 6.53. The predicted octanol–water partition coefficient (Wildman–Crippen LogP) is 3.87. The first-order chi connectivity index (χ1) is 17.0. The molecule has 1 unspecified atom stereocenters. The molecule has 0 fully saturated rings. The van der Waals surface area contributed by atoms with Crippen LogP contribution in [0, 0.1) is 21.3 Å². The molecule has 0 saturated carbocycles. The number of carbonyl (C=O) groups is 2. The number of non-ortho nitro benzene ring substituents is 1. The first-order valence-electron chi connectivity index (χ1n) is 11.5. The zero-order chi connectivity index (χ0) is 26.2. The molecule has 0 spiro atoms. The van der Waals surface area contributed by atoms with E-state index in [0.717, 1.165) is 0 Å². The molecule has 36 heavy (non-hydrogen) atoms. The molecule has 2 aromatic carbocycles. The highest BCUT2D eigenvalue weighted by Gasteiger charge is 2.45. The van der Waals surface area contributed by atoms with Crippen LogP contribution in [0.4, 0.5) is 15.8 Å². The van der Waals surface area contributed by atoms with Gasteiger partial charge in [0, 0.05) is 35.6 Å². The summed E-state index contributed by atoms with van der Waals surface area (Å²) in [5.41, 5.74) is 8.01. The van der Waals surface area contributed by atoms with Crippen molar-refractivity contribution in [3.8, 4) is 0 Å². The molecule has 2 aliphatic rings. The number of rotatable bonds is 5. The van der Waals surface area contributed by atoms with Gasteiger partial charge in [0.1, 0.15) is 11.6 Å². The van der Waals surface area contributed by atoms with E-state index >= 15 is 0 Å². The highest BCUT2D eigenvalue weighted by molar-refractivity contribution is 6.04. The highest BCUT2D eigenvalue weighted by Crippen LogP contribution is 2.47. The second-order valence-electron chi connectivity index (χ2n) is 9.50. The number of halogens is 1. The molecule has 10 heteroatoms. The number of allylic oxidation sites excluding steroid dienone is 1. The molecule has 9 nitrogen and oxygen atoms in total. The summed E-state index contributed by atoms with van der Waals surface area (Å²) in [5, 5.41) is 14.2. The fourth-order valence-corrected chi connectivity index (χ4v) is 4.65. The number of benzene rings is 2. The van der Waals surface area contributed by atoms with Crippen molar-refractivity contribution in [3.05, 3.63) is 92.7 Å². The van der Waals surface area contributed by atoms with Crippen LogP contribution in [0.2, 0.25) is 0 Å². The number of nitrogens with two attached hydrogens (primary N) is 1. The number of hydrogen-bond acceptors (Lipinski definition) is 7. The first-order valence-corrected chi connectivity index (χ1v) is 11.5. The molecule has 2 aromatic rings. The fourth-order valence-electron chi connectivity index (χ4n) is 4.65. The minimum atomic E-state index is -0.926. The van der Waals surface area contributed by atoms with Crippen LogP contribution in [0.1, 0.15) is 38.7 Å². The summed E-state index contributed by atoms with van der Waals surface area (Å²) in [6, 6.07) is 11.3. The number of hydrogen-bond donors (Lipinski definition) is 2. The van der Waals surface area contributed by atoms with E-state index in [4.69, 9.17) is 10.5 Å². The van der Waals surface area contributed by atoms with E-state index in [0.29, 0.717) is 29.9 Å². The van der Waals surface area contributed by atoms with Gasteiger partial charge in [-0.25, -0.2) is 9.18 Å². The maximum absolute atomic E-state index is 13.8. The fraction of sp³-hybridized carbons (Fsp3) is 0.308. The van der Waals surface area contributed by atoms with Crippen molar-refractivity contribution in [2.24, 2.45) is 11.1 Å². The minimum Gasteiger partial charge on any atom is -0.463 e. The van der Waals surface area contributed by atoms with Crippen molar-refractivity contribution in [2.45, 2.75) is 33.1 Å². The summed E-state index contributed by atoms with van der Waals surface area (Å²) in [7, 11) is 0. The van der Waals surface area contributed by atoms with E-state index in [9.17, 15) is 24.1 Å². The minimum absolute atomic E-state index is 0.0311. The lowest BCUT2D eigenvalue weighted by Crippen LogP contribution is -2.41. The van der Waals surface area contributed by atoms with Crippen LogP contribution < -0.4 is 16.0 Å². The van der Waals surface area contributed by atoms with Gasteiger partial charge < -0.3 is 15.8 Å². The summed E-state index contributed by atoms with van der Waals surface area (Å²) < 4.78 is 19.1. The Balaban J connectivity index is 2.02. The molecule has 0 aromatic heterocycles. The van der Waals surface area contributed by atoms with Crippen LogP contribution in [-0.2, 0) is 14.3 Å². The molecule has 4 rings (SSSR count). The molecule has 0 radical (unpaired) electrons. The normalized spacial score (nSPS) is 19.4. The third-order valence-corrected chi connectivity index (χ3v) is 6.31. The number of anilines is 1. The lowest BCUT2D eigenvalue weighted by Gasteiger charge is -2.39. The SMILES string of the molecule is CCOC(=O)C1=C(N)N(c2ccc(F)cc2)C2=C(C(=O)NCC(C)(C)C2)C1c1ccc([N+](=O)[O-])cc1. The molecule has 0 bridgehead atoms. The lowest BCUT2D eigenvalue weighted by atomic mass is 9.77. The molecular weight excluding hydrogens is 467 g/mol. The lowest BCUT2D eigenvalue weighted by molar-refractivity contribution is -0.384. The Morgan fingerprint density at radius 3 is 2.44 bits per heavy atom. The Bertz CT molecular complexity index is 1280. The summed E-state index contributed by atoms with van der Waals surface area (Å²) in [4.78, 5) is 39.2. The van der Waals surface area contributed by atoms with Crippen LogP contribution in [-0.4, -0.2) is 30.0 Å². The predicted molar refractivity (Wildman–Crippen MR) is 131 cm³/mol. The summed E-state index contributed by atoms with van der Waals surface area (Å²) >= 11 is 0. The van der Waals surface area contributed by atoms with Crippen molar-refractivity contribution < 1.29 is 23.6 Å². The van der Waals surface area contributed by atoms with Gasteiger partial charge in [0.15, 0.2) is 0 Å². The number of nitrogens with one attached hydrogen (secondary N) is 1. The molecular formula is C26H27FN4O5. The van der Waals surface area contributed by atoms with Gasteiger partial charge in [0.25, 0.3) is 5.69 Å². The second-order valence-corrected chi connectivity index (χ2v) is 9.50. The quantitative estimate of drug-likeness (QED) is 0.367. The number of nitrogens with zero attached hydrogens (tertiary/aromatic N) is 2. The van der Waals surface area contributed by atoms with Crippen molar-refractivity contribution in [3.63, 3.8) is 0 Å². The van der Waals surface area contributed by atoms with Crippen LogP contribution in [0.3, 0.4) is 0 Å². The Labute approximate surface area is 207 Å². The molecule has 0 saturated heterocycles. The number of esters is 1. The van der Waals surface area contributed by atoms with E-state index < -0.39 is 22.6 Å². The monoisotopic (exact) mass is 494 g/mol. The molecule has 1 atom stereocenters. The summed E-state index contributed by atoms with van der Waals surface area (Å²) in [6.45, 7) is 6.09. The van der Waals surface area contributed by atoms with E-state index in [-0.39, 0.29) is 40.6 Å². The van der Waals surface area contributed by atoms with Gasteiger partial charge in [-0.1, -0.05) is 26.0 Å². The average molecular weight is 495 g/mol. The van der Waals surface area contributed by atoms with E-state index in [1.165, 1.54) is 48.5 Å². The maximum atomic E-state index is 13.8. The third-order valence-electron chi connectivity index (χ3n) is 6.31. The average Bonchev–Trinajstić information content (AvgIpc) is 2.94. The summed E-state index contributed by atoms with van der Waals surface area (Å²) in [6.07, 6.45) is 0.415. The standard InChI is InChI=1S/C26H27FN4O5/c1-4-36-25(33)22-20(15-5-9-18(10-6-15)31(34)35)21-19(13-26(2,3)14-29-24(21)32)30(23(22)28)17-11-7-16(27)8-12-17/h5-12,20H,4,13-14,28H2,1-3H3,(H,29,32). The Morgan fingerprint density at radius 2 is 1.86 bits per heavy atom. The van der Waals surface area contributed by atoms with E-state index in [2.05, 4.69) is 5.32 Å². The molecule has 1 amide bonds. The van der Waals surface area contributed by atoms with E-state index in [1.54, 1.807) is 11.8 Å². The zero-order valence-electron chi connectivity index (χ0n) is 20.2. The zero-order valence-corrected chi connectivity index (χ0v) is 20.2. The van der Waals surface area contributed by atoms with Crippen LogP contribution in [0.5, 0.6) is 0 Å². The maximum Gasteiger partial charge on any atom is 0.338 e. The number of nitro benzene ring substituents is 1. The molecule has 3 N–H and O–H groups in total. The third kappa shape index (κ3) is 4.53. The van der Waals surface area contributed by atoms with Crippen molar-refractivity contribution >= 4 is 23.3 Å². The van der Waals surface area contributed by atoms with Gasteiger partial charge in [-0.3, -0.25) is 19.8 Å². The van der Waals surface area contributed by atoms with Gasteiger partial charge in [-0.15, -0.1) is 0 Å². The molecule has 0 aliphatic carbocycles.